The molecule has 4 amide bonds. The van der Waals surface area contributed by atoms with Gasteiger partial charge >= 0.3 is 24.5 Å². The molecule has 0 radical (unpaired) electrons. The van der Waals surface area contributed by atoms with Crippen molar-refractivity contribution in [3.8, 4) is 34.4 Å². The highest BCUT2D eigenvalue weighted by Gasteiger charge is 2.35. The number of aromatic carboxylic acids is 1. The van der Waals surface area contributed by atoms with E-state index in [1.165, 1.54) is 72.8 Å². The van der Waals surface area contributed by atoms with E-state index in [2.05, 4.69) is 51.2 Å². The molecule has 0 spiro atoms. The first-order chi connectivity index (χ1) is 55.0. The number of oxazole rings is 3. The first-order valence-electron chi connectivity index (χ1n) is 34.3. The van der Waals surface area contributed by atoms with Crippen molar-refractivity contribution in [1.29, 1.82) is 0 Å². The van der Waals surface area contributed by atoms with E-state index in [9.17, 15) is 108 Å². The number of anilines is 2. The minimum atomic E-state index is -4.49. The van der Waals surface area contributed by atoms with Gasteiger partial charge in [0.2, 0.25) is 17.7 Å². The number of nitrogens with two attached hydrogens (primary N) is 1. The van der Waals surface area contributed by atoms with Gasteiger partial charge < -0.3 is 45.4 Å². The summed E-state index contributed by atoms with van der Waals surface area (Å²) in [6.45, 7) is 5.67. The standard InChI is InChI=1S/C27H21F6N3O3.C26H20F6N4O3.C14H9F3N2O.C12H13F3N2O3/c1-26(2,30)25(38)35-13-15-9-18(22(23(28)29)34-12-15)20(37)10-14-3-8-19-21(11-14)39-24(36-19)16-4-6-17(7-5-16)27(31,32)33;1-25(2,29)24(38)34-12-13-9-17(20(21(27)28)33-11-13)22(37)35-16-7-8-19-18(10-16)36-23(39-19)14-3-5-15(6-4-14)26(30,31)32;15-14(16,17)9-3-1-8(2-4-9)13-19-11-6-5-10(18)7-12(11)20-13;1-12(2,15)11(20)17-5-6-3-7(10(18)19)8(9(13)14)16-4-6/h3-9,11-12,23H,10,13H2,1-2H3,(H,35,38);3-11,21H,12H2,1-2H3,(H,34,38)(H,35,37);1-7H,18H2;3-4,9H,5H2,1-2H3,(H,17,20)(H,18,19). The fraction of sp³-hybridized carbons (Fsp3) is 0.241. The summed E-state index contributed by atoms with van der Waals surface area (Å²) >= 11 is 0. The minimum absolute atomic E-state index is 0.0394. The number of fused-ring (bicyclic) bond motifs is 3. The monoisotopic (exact) mass is 1670 g/mol. The van der Waals surface area contributed by atoms with Crippen LogP contribution in [0.25, 0.3) is 67.7 Å². The zero-order valence-electron chi connectivity index (χ0n) is 61.8. The number of halogens is 18. The van der Waals surface area contributed by atoms with E-state index >= 15 is 0 Å². The molecule has 0 saturated heterocycles. The van der Waals surface area contributed by atoms with Crippen molar-refractivity contribution >= 4 is 80.1 Å². The molecule has 0 bridgehead atoms. The number of nitrogens with one attached hydrogen (secondary N) is 4. The predicted molar refractivity (Wildman–Crippen MR) is 389 cm³/mol. The molecule has 0 aliphatic rings. The number of alkyl halides is 18. The van der Waals surface area contributed by atoms with Gasteiger partial charge in [0, 0.05) is 84.3 Å². The maximum atomic E-state index is 13.7. The van der Waals surface area contributed by atoms with Gasteiger partial charge in [-0.2, -0.15) is 39.5 Å². The van der Waals surface area contributed by atoms with Crippen molar-refractivity contribution in [3.05, 3.63) is 237 Å². The lowest BCUT2D eigenvalue weighted by molar-refractivity contribution is -0.138. The molecule has 0 atom stereocenters. The Kier molecular flexibility index (Phi) is 27.0. The maximum absolute atomic E-state index is 13.7. The number of aromatic nitrogens is 6. The molecule has 12 rings (SSSR count). The predicted octanol–water partition coefficient (Wildman–Crippen LogP) is 19.3. The number of pyridine rings is 3. The molecule has 0 fully saturated rings. The fourth-order valence-electron chi connectivity index (χ4n) is 10.4. The second kappa shape index (κ2) is 35.9. The molecule has 39 heteroatoms. The van der Waals surface area contributed by atoms with Crippen LogP contribution < -0.4 is 27.0 Å². The number of ketones is 1. The number of Topliss-reactive ketones (excluding diaryl/α,β-unsaturated/α-hetero) is 1. The van der Waals surface area contributed by atoms with Crippen LogP contribution in [0.15, 0.2) is 177 Å². The molecular weight excluding hydrogens is 1600 g/mol. The average Bonchev–Trinajstić information content (AvgIpc) is 1.60. The van der Waals surface area contributed by atoms with Crippen molar-refractivity contribution in [2.75, 3.05) is 11.1 Å². The topological polar surface area (TPSA) is 314 Å². The second-order valence-corrected chi connectivity index (χ2v) is 27.0. The number of benzene rings is 6. The number of hydrogen-bond acceptors (Lipinski definition) is 16. The summed E-state index contributed by atoms with van der Waals surface area (Å²) in [4.78, 5) is 95.0. The third-order valence-electron chi connectivity index (χ3n) is 16.6. The van der Waals surface area contributed by atoms with Crippen molar-refractivity contribution in [1.82, 2.24) is 45.9 Å². The SMILES string of the molecule is CC(C)(F)C(=O)NCc1cnc(C(F)F)c(C(=O)Cc2ccc3nc(-c4ccc(C(F)(F)F)cc4)oc3c2)c1.CC(C)(F)C(=O)NCc1cnc(C(F)F)c(C(=O)Nc2ccc3oc(-c4ccc(C(F)(F)F)cc4)nc3c2)c1.CC(C)(F)C(=O)NCc1cnc(C(F)F)c(C(=O)O)c1.Nc1ccc2nc(-c3ccc(C(F)(F)F)cc3)oc2c1. The van der Waals surface area contributed by atoms with Crippen LogP contribution in [0.2, 0.25) is 0 Å². The lowest BCUT2D eigenvalue weighted by Gasteiger charge is -2.15. The Morgan fingerprint density at radius 1 is 0.398 bits per heavy atom. The summed E-state index contributed by atoms with van der Waals surface area (Å²) in [5.74, 6) is -5.53. The summed E-state index contributed by atoms with van der Waals surface area (Å²) in [7, 11) is 0. The van der Waals surface area contributed by atoms with Crippen LogP contribution >= 0.6 is 0 Å². The Bertz CT molecular complexity index is 5430. The number of carboxylic acid groups (broad SMARTS) is 1. The summed E-state index contributed by atoms with van der Waals surface area (Å²) in [6.07, 6.45) is -19.6. The Morgan fingerprint density at radius 3 is 1.13 bits per heavy atom. The molecule has 0 unspecified atom stereocenters. The van der Waals surface area contributed by atoms with E-state index in [4.69, 9.17) is 24.1 Å². The van der Waals surface area contributed by atoms with Crippen molar-refractivity contribution in [2.45, 2.75) is 122 Å². The van der Waals surface area contributed by atoms with Crippen LogP contribution in [0, 0.1) is 0 Å². The molecule has 0 saturated carbocycles. The largest absolute Gasteiger partial charge is 0.478 e. The van der Waals surface area contributed by atoms with Crippen molar-refractivity contribution in [3.63, 3.8) is 0 Å². The first-order valence-corrected chi connectivity index (χ1v) is 34.3. The van der Waals surface area contributed by atoms with Crippen molar-refractivity contribution in [2.24, 2.45) is 0 Å². The molecule has 118 heavy (non-hydrogen) atoms. The van der Waals surface area contributed by atoms with Crippen LogP contribution in [0.4, 0.5) is 90.4 Å². The van der Waals surface area contributed by atoms with Gasteiger partial charge in [-0.05, 0) is 197 Å². The highest BCUT2D eigenvalue weighted by Crippen LogP contribution is 2.37. The molecule has 6 aromatic heterocycles. The Labute approximate surface area is 654 Å². The van der Waals surface area contributed by atoms with Gasteiger partial charge in [0.15, 0.2) is 39.5 Å². The molecule has 6 heterocycles. The highest BCUT2D eigenvalue weighted by atomic mass is 19.4. The minimum Gasteiger partial charge on any atom is -0.478 e. The highest BCUT2D eigenvalue weighted by molar-refractivity contribution is 6.06. The number of rotatable bonds is 21. The van der Waals surface area contributed by atoms with E-state index in [1.807, 2.05) is 0 Å². The molecule has 21 nitrogen and oxygen atoms in total. The number of carbonyl (C=O) groups excluding carboxylic acids is 5. The number of carboxylic acids is 1. The third kappa shape index (κ3) is 23.3. The zero-order chi connectivity index (χ0) is 86.9. The Hall–Kier alpha value is -13.3. The fourth-order valence-corrected chi connectivity index (χ4v) is 10.4. The van der Waals surface area contributed by atoms with Gasteiger partial charge in [-0.15, -0.1) is 0 Å². The van der Waals surface area contributed by atoms with Gasteiger partial charge in [0.1, 0.15) is 33.6 Å². The molecule has 0 aliphatic heterocycles. The molecular formula is C79H63F18N11O10. The van der Waals surface area contributed by atoms with Crippen LogP contribution in [-0.2, 0) is 59.0 Å². The second-order valence-electron chi connectivity index (χ2n) is 27.0. The number of nitrogens with zero attached hydrogens (tertiary/aromatic N) is 6. The number of carbonyl (C=O) groups is 6. The Balaban J connectivity index is 0.000000188. The van der Waals surface area contributed by atoms with Crippen LogP contribution in [0.5, 0.6) is 0 Å². The third-order valence-corrected chi connectivity index (χ3v) is 16.6. The van der Waals surface area contributed by atoms with E-state index in [0.29, 0.717) is 39.0 Å². The van der Waals surface area contributed by atoms with Gasteiger partial charge in [-0.1, -0.05) is 6.07 Å². The van der Waals surface area contributed by atoms with E-state index in [0.717, 1.165) is 109 Å². The number of nitrogen functional groups attached to an aromatic ring is 1. The number of amides is 4. The van der Waals surface area contributed by atoms with E-state index < -0.39 is 135 Å². The molecule has 0 aliphatic carbocycles. The van der Waals surface area contributed by atoms with Crippen LogP contribution in [0.1, 0.15) is 148 Å². The van der Waals surface area contributed by atoms with Gasteiger partial charge in [0.25, 0.3) is 42.9 Å². The lowest BCUT2D eigenvalue weighted by atomic mass is 10.00. The molecule has 12 aromatic rings. The van der Waals surface area contributed by atoms with Gasteiger partial charge in [-0.25, -0.2) is 59.3 Å². The average molecular weight is 1670 g/mol. The Morgan fingerprint density at radius 2 is 0.746 bits per heavy atom. The van der Waals surface area contributed by atoms with Crippen LogP contribution in [0.3, 0.4) is 0 Å². The normalized spacial score (nSPS) is 12.0. The van der Waals surface area contributed by atoms with Gasteiger partial charge in [-0.3, -0.25) is 38.9 Å². The molecule has 6 aromatic carbocycles. The maximum Gasteiger partial charge on any atom is 0.416 e. The number of hydrogen-bond donors (Lipinski definition) is 6. The summed E-state index contributed by atoms with van der Waals surface area (Å²) in [5, 5.41) is 18.1. The summed E-state index contributed by atoms with van der Waals surface area (Å²) in [6, 6.07) is 30.2. The van der Waals surface area contributed by atoms with Gasteiger partial charge in [0.05, 0.1) is 27.8 Å². The van der Waals surface area contributed by atoms with E-state index in [-0.39, 0.29) is 93.9 Å². The lowest BCUT2D eigenvalue weighted by Crippen LogP contribution is -2.38. The molecule has 620 valence electrons. The quantitative estimate of drug-likeness (QED) is 0.0221. The molecule has 7 N–H and O–H groups in total. The van der Waals surface area contributed by atoms with E-state index in [1.54, 1.807) is 24.3 Å². The first kappa shape index (κ1) is 88.7. The smallest absolute Gasteiger partial charge is 0.416 e. The summed E-state index contributed by atoms with van der Waals surface area (Å²) < 4.78 is 251. The van der Waals surface area contributed by atoms with Crippen molar-refractivity contribution < 1.29 is 126 Å². The zero-order valence-corrected chi connectivity index (χ0v) is 61.8. The van der Waals surface area contributed by atoms with Crippen LogP contribution in [-0.4, -0.2) is 87.4 Å². The summed E-state index contributed by atoms with van der Waals surface area (Å²) in [5.41, 5.74) is -1.93.